The van der Waals surface area contributed by atoms with E-state index in [4.69, 9.17) is 22.1 Å². The Bertz CT molecular complexity index is 369. The number of benzene rings is 1. The van der Waals surface area contributed by atoms with E-state index in [1.807, 2.05) is 13.0 Å². The quantitative estimate of drug-likeness (QED) is 0.819. The maximum atomic E-state index is 11.2. The molecule has 0 saturated heterocycles. The van der Waals surface area contributed by atoms with Crippen LogP contribution in [0.5, 0.6) is 5.75 Å². The second-order valence-electron chi connectivity index (χ2n) is 3.17. The van der Waals surface area contributed by atoms with Gasteiger partial charge in [-0.3, -0.25) is 4.79 Å². The molecule has 88 valence electrons. The van der Waals surface area contributed by atoms with Crippen LogP contribution >= 0.6 is 11.6 Å². The molecule has 5 heteroatoms. The molecule has 0 saturated carbocycles. The third-order valence-electron chi connectivity index (χ3n) is 1.99. The molecule has 3 N–H and O–H groups in total. The first-order chi connectivity index (χ1) is 7.69. The number of carbonyl (C=O) groups is 1. The van der Waals surface area contributed by atoms with Crippen molar-refractivity contribution in [2.45, 2.75) is 13.5 Å². The van der Waals surface area contributed by atoms with Crippen LogP contribution in [-0.4, -0.2) is 19.1 Å². The normalized spacial score (nSPS) is 9.94. The van der Waals surface area contributed by atoms with E-state index in [2.05, 4.69) is 5.32 Å². The number of hydrogen-bond acceptors (Lipinski definition) is 3. The third kappa shape index (κ3) is 3.40. The van der Waals surface area contributed by atoms with Crippen molar-refractivity contribution in [1.82, 2.24) is 5.32 Å². The number of halogens is 1. The van der Waals surface area contributed by atoms with Gasteiger partial charge in [-0.05, 0) is 13.0 Å². The van der Waals surface area contributed by atoms with Crippen LogP contribution in [0.1, 0.15) is 12.5 Å². The van der Waals surface area contributed by atoms with E-state index in [0.29, 0.717) is 23.9 Å². The molecule has 0 spiro atoms. The molecule has 16 heavy (non-hydrogen) atoms. The molecule has 0 aromatic heterocycles. The fourth-order valence-electron chi connectivity index (χ4n) is 1.26. The lowest BCUT2D eigenvalue weighted by Crippen LogP contribution is -2.28. The molecular formula is C11H15ClN2O2. The number of nitrogens with one attached hydrogen (secondary N) is 1. The Labute approximate surface area is 99.7 Å². The Hall–Kier alpha value is -1.26. The van der Waals surface area contributed by atoms with Crippen molar-refractivity contribution in [3.8, 4) is 5.75 Å². The Morgan fingerprint density at radius 1 is 1.56 bits per heavy atom. The van der Waals surface area contributed by atoms with E-state index in [1.165, 1.54) is 0 Å². The SMILES string of the molecule is CCNC(=O)COc1c(Cl)cccc1CN. The average Bonchev–Trinajstić information content (AvgIpc) is 2.27. The summed E-state index contributed by atoms with van der Waals surface area (Å²) >= 11 is 5.96. The van der Waals surface area contributed by atoms with Gasteiger partial charge in [-0.1, -0.05) is 23.7 Å². The van der Waals surface area contributed by atoms with Crippen molar-refractivity contribution in [2.24, 2.45) is 5.73 Å². The van der Waals surface area contributed by atoms with Gasteiger partial charge in [-0.2, -0.15) is 0 Å². The topological polar surface area (TPSA) is 64.3 Å². The van der Waals surface area contributed by atoms with Crippen LogP contribution in [0.2, 0.25) is 5.02 Å². The first kappa shape index (κ1) is 12.8. The molecule has 0 unspecified atom stereocenters. The predicted molar refractivity (Wildman–Crippen MR) is 63.5 cm³/mol. The summed E-state index contributed by atoms with van der Waals surface area (Å²) in [5, 5.41) is 3.10. The molecule has 0 fully saturated rings. The van der Waals surface area contributed by atoms with Crippen LogP contribution in [0.4, 0.5) is 0 Å². The third-order valence-corrected chi connectivity index (χ3v) is 2.29. The molecule has 1 aromatic rings. The number of para-hydroxylation sites is 1. The van der Waals surface area contributed by atoms with E-state index in [1.54, 1.807) is 12.1 Å². The van der Waals surface area contributed by atoms with E-state index >= 15 is 0 Å². The molecule has 0 aliphatic carbocycles. The summed E-state index contributed by atoms with van der Waals surface area (Å²) in [5.74, 6) is 0.309. The van der Waals surface area contributed by atoms with E-state index < -0.39 is 0 Å². The molecule has 0 radical (unpaired) electrons. The first-order valence-corrected chi connectivity index (χ1v) is 5.43. The summed E-state index contributed by atoms with van der Waals surface area (Å²) < 4.78 is 5.35. The van der Waals surface area contributed by atoms with Gasteiger partial charge in [0.05, 0.1) is 5.02 Å². The second kappa shape index (κ2) is 6.35. The number of carbonyl (C=O) groups excluding carboxylic acids is 1. The molecule has 0 bridgehead atoms. The lowest BCUT2D eigenvalue weighted by Gasteiger charge is -2.11. The van der Waals surface area contributed by atoms with Crippen molar-refractivity contribution >= 4 is 17.5 Å². The van der Waals surface area contributed by atoms with Gasteiger partial charge >= 0.3 is 0 Å². The minimum Gasteiger partial charge on any atom is -0.482 e. The van der Waals surface area contributed by atoms with E-state index in [9.17, 15) is 4.79 Å². The molecular weight excluding hydrogens is 228 g/mol. The Balaban J connectivity index is 2.69. The number of ether oxygens (including phenoxy) is 1. The van der Waals surface area contributed by atoms with Gasteiger partial charge < -0.3 is 15.8 Å². The van der Waals surface area contributed by atoms with Gasteiger partial charge in [0.2, 0.25) is 0 Å². The van der Waals surface area contributed by atoms with Crippen molar-refractivity contribution in [1.29, 1.82) is 0 Å². The lowest BCUT2D eigenvalue weighted by molar-refractivity contribution is -0.122. The fourth-order valence-corrected chi connectivity index (χ4v) is 1.51. The second-order valence-corrected chi connectivity index (χ2v) is 3.58. The summed E-state index contributed by atoms with van der Waals surface area (Å²) in [6, 6.07) is 5.32. The maximum absolute atomic E-state index is 11.2. The van der Waals surface area contributed by atoms with Crippen LogP contribution in [0.15, 0.2) is 18.2 Å². The van der Waals surface area contributed by atoms with Crippen molar-refractivity contribution in [2.75, 3.05) is 13.2 Å². The summed E-state index contributed by atoms with van der Waals surface area (Å²) in [5.41, 5.74) is 6.33. The summed E-state index contributed by atoms with van der Waals surface area (Å²) in [6.07, 6.45) is 0. The number of hydrogen-bond donors (Lipinski definition) is 2. The zero-order chi connectivity index (χ0) is 12.0. The van der Waals surface area contributed by atoms with Crippen LogP contribution in [0, 0.1) is 0 Å². The summed E-state index contributed by atoms with van der Waals surface area (Å²) in [7, 11) is 0. The summed E-state index contributed by atoms with van der Waals surface area (Å²) in [6.45, 7) is 2.70. The first-order valence-electron chi connectivity index (χ1n) is 5.06. The Morgan fingerprint density at radius 2 is 2.31 bits per heavy atom. The number of amides is 1. The van der Waals surface area contributed by atoms with Crippen molar-refractivity contribution in [3.05, 3.63) is 28.8 Å². The lowest BCUT2D eigenvalue weighted by atomic mass is 10.2. The highest BCUT2D eigenvalue weighted by Gasteiger charge is 2.09. The molecule has 0 aliphatic rings. The van der Waals surface area contributed by atoms with Gasteiger partial charge in [-0.15, -0.1) is 0 Å². The Kier molecular flexibility index (Phi) is 5.08. The van der Waals surface area contributed by atoms with Crippen molar-refractivity contribution < 1.29 is 9.53 Å². The molecule has 0 atom stereocenters. The van der Waals surface area contributed by atoms with Gasteiger partial charge in [-0.25, -0.2) is 0 Å². The average molecular weight is 243 g/mol. The molecule has 0 aliphatic heterocycles. The van der Waals surface area contributed by atoms with E-state index in [-0.39, 0.29) is 12.5 Å². The number of rotatable bonds is 5. The van der Waals surface area contributed by atoms with Gasteiger partial charge in [0.25, 0.3) is 5.91 Å². The Morgan fingerprint density at radius 3 is 2.94 bits per heavy atom. The number of nitrogens with two attached hydrogens (primary N) is 1. The van der Waals surface area contributed by atoms with Crippen molar-refractivity contribution in [3.63, 3.8) is 0 Å². The minimum absolute atomic E-state index is 0.0510. The number of likely N-dealkylation sites (N-methyl/N-ethyl adjacent to an activating group) is 1. The highest BCUT2D eigenvalue weighted by atomic mass is 35.5. The molecule has 1 amide bonds. The fraction of sp³-hybridized carbons (Fsp3) is 0.364. The van der Waals surface area contributed by atoms with Crippen LogP contribution < -0.4 is 15.8 Å². The minimum atomic E-state index is -0.176. The zero-order valence-electron chi connectivity index (χ0n) is 9.13. The molecule has 1 rings (SSSR count). The standard InChI is InChI=1S/C11H15ClN2O2/c1-2-14-10(15)7-16-11-8(6-13)4-3-5-9(11)12/h3-5H,2,6-7,13H2,1H3,(H,14,15). The summed E-state index contributed by atoms with van der Waals surface area (Å²) in [4.78, 5) is 11.2. The van der Waals surface area contributed by atoms with Crippen LogP contribution in [-0.2, 0) is 11.3 Å². The van der Waals surface area contributed by atoms with Gasteiger partial charge in [0.1, 0.15) is 5.75 Å². The van der Waals surface area contributed by atoms with Crippen LogP contribution in [0.3, 0.4) is 0 Å². The monoisotopic (exact) mass is 242 g/mol. The maximum Gasteiger partial charge on any atom is 0.257 e. The van der Waals surface area contributed by atoms with Gasteiger partial charge in [0, 0.05) is 18.7 Å². The smallest absolute Gasteiger partial charge is 0.257 e. The molecule has 4 nitrogen and oxygen atoms in total. The van der Waals surface area contributed by atoms with Gasteiger partial charge in [0.15, 0.2) is 6.61 Å². The highest BCUT2D eigenvalue weighted by Crippen LogP contribution is 2.28. The zero-order valence-corrected chi connectivity index (χ0v) is 9.88. The van der Waals surface area contributed by atoms with E-state index in [0.717, 1.165) is 5.56 Å². The predicted octanol–water partition coefficient (Wildman–Crippen LogP) is 1.31. The largest absolute Gasteiger partial charge is 0.482 e. The molecule has 1 aromatic carbocycles. The highest BCUT2D eigenvalue weighted by molar-refractivity contribution is 6.32. The van der Waals surface area contributed by atoms with Crippen LogP contribution in [0.25, 0.3) is 0 Å². The molecule has 0 heterocycles.